The first kappa shape index (κ1) is 14.1. The van der Waals surface area contributed by atoms with E-state index in [4.69, 9.17) is 16.0 Å². The summed E-state index contributed by atoms with van der Waals surface area (Å²) in [5.74, 6) is 1.79. The molecule has 0 bridgehead atoms. The Kier molecular flexibility index (Phi) is 6.12. The number of alkyl halides is 1. The van der Waals surface area contributed by atoms with Crippen molar-refractivity contribution < 1.29 is 9.21 Å². The number of aryl methyl sites for hydroxylation is 1. The van der Waals surface area contributed by atoms with Crippen molar-refractivity contribution >= 4 is 17.5 Å². The van der Waals surface area contributed by atoms with E-state index in [1.54, 1.807) is 6.07 Å². The Labute approximate surface area is 108 Å². The molecule has 17 heavy (non-hydrogen) atoms. The molecule has 4 heteroatoms. The van der Waals surface area contributed by atoms with Crippen LogP contribution in [-0.2, 0) is 0 Å². The second-order valence-corrected chi connectivity index (χ2v) is 4.67. The minimum atomic E-state index is -0.0717. The van der Waals surface area contributed by atoms with Gasteiger partial charge in [0.25, 0.3) is 5.91 Å². The van der Waals surface area contributed by atoms with Crippen LogP contribution in [0.2, 0.25) is 0 Å². The van der Waals surface area contributed by atoms with E-state index in [-0.39, 0.29) is 5.91 Å². The standard InChI is InChI=1S/C13H20ClNO2/c1-3-4-11(5-6-14)8-15-13(16)12-7-10(2)17-9-12/h7,9,11H,3-6,8H2,1-2H3,(H,15,16). The fraction of sp³-hybridized carbons (Fsp3) is 0.615. The highest BCUT2D eigenvalue weighted by Crippen LogP contribution is 2.12. The van der Waals surface area contributed by atoms with E-state index >= 15 is 0 Å². The lowest BCUT2D eigenvalue weighted by Crippen LogP contribution is -2.29. The van der Waals surface area contributed by atoms with Crippen LogP contribution in [0.4, 0.5) is 0 Å². The lowest BCUT2D eigenvalue weighted by atomic mass is 10.0. The molecule has 0 radical (unpaired) electrons. The maximum atomic E-state index is 11.8. The quantitative estimate of drug-likeness (QED) is 0.761. The van der Waals surface area contributed by atoms with Crippen molar-refractivity contribution in [2.45, 2.75) is 33.1 Å². The summed E-state index contributed by atoms with van der Waals surface area (Å²) in [7, 11) is 0. The van der Waals surface area contributed by atoms with E-state index in [9.17, 15) is 4.79 Å². The topological polar surface area (TPSA) is 42.2 Å². The third-order valence-corrected chi connectivity index (χ3v) is 2.98. The minimum absolute atomic E-state index is 0.0717. The van der Waals surface area contributed by atoms with E-state index in [1.165, 1.54) is 6.26 Å². The van der Waals surface area contributed by atoms with Crippen LogP contribution < -0.4 is 5.32 Å². The molecule has 1 atom stereocenters. The van der Waals surface area contributed by atoms with Gasteiger partial charge in [0, 0.05) is 12.4 Å². The van der Waals surface area contributed by atoms with Crippen molar-refractivity contribution in [1.29, 1.82) is 0 Å². The molecule has 96 valence electrons. The Morgan fingerprint density at radius 3 is 2.82 bits per heavy atom. The number of hydrogen-bond donors (Lipinski definition) is 1. The van der Waals surface area contributed by atoms with Gasteiger partial charge in [-0.05, 0) is 31.7 Å². The van der Waals surface area contributed by atoms with Crippen molar-refractivity contribution in [2.24, 2.45) is 5.92 Å². The highest BCUT2D eigenvalue weighted by molar-refractivity contribution is 6.17. The molecular formula is C13H20ClNO2. The van der Waals surface area contributed by atoms with E-state index in [2.05, 4.69) is 12.2 Å². The van der Waals surface area contributed by atoms with Gasteiger partial charge in [0.05, 0.1) is 5.56 Å². The zero-order valence-electron chi connectivity index (χ0n) is 10.5. The molecule has 3 nitrogen and oxygen atoms in total. The molecule has 1 aromatic heterocycles. The summed E-state index contributed by atoms with van der Waals surface area (Å²) in [6, 6.07) is 1.74. The van der Waals surface area contributed by atoms with Crippen molar-refractivity contribution in [3.8, 4) is 0 Å². The maximum Gasteiger partial charge on any atom is 0.254 e. The van der Waals surface area contributed by atoms with Crippen LogP contribution in [0.5, 0.6) is 0 Å². The maximum absolute atomic E-state index is 11.8. The smallest absolute Gasteiger partial charge is 0.254 e. The van der Waals surface area contributed by atoms with Crippen molar-refractivity contribution in [1.82, 2.24) is 5.32 Å². The molecule has 0 spiro atoms. The molecule has 0 fully saturated rings. The SMILES string of the molecule is CCCC(CCCl)CNC(=O)c1coc(C)c1. The predicted octanol–water partition coefficient (Wildman–Crippen LogP) is 3.36. The van der Waals surface area contributed by atoms with Gasteiger partial charge in [-0.1, -0.05) is 13.3 Å². The Hall–Kier alpha value is -0.960. The molecule has 0 aliphatic heterocycles. The van der Waals surface area contributed by atoms with Crippen LogP contribution in [0.1, 0.15) is 42.3 Å². The molecule has 0 aliphatic rings. The Morgan fingerprint density at radius 2 is 2.29 bits per heavy atom. The summed E-state index contributed by atoms with van der Waals surface area (Å²) >= 11 is 5.74. The lowest BCUT2D eigenvalue weighted by Gasteiger charge is -2.15. The summed E-state index contributed by atoms with van der Waals surface area (Å²) in [6.07, 6.45) is 4.64. The summed E-state index contributed by atoms with van der Waals surface area (Å²) < 4.78 is 5.11. The minimum Gasteiger partial charge on any atom is -0.469 e. The number of halogens is 1. The number of furan rings is 1. The predicted molar refractivity (Wildman–Crippen MR) is 69.5 cm³/mol. The normalized spacial score (nSPS) is 12.4. The first-order chi connectivity index (χ1) is 8.17. The highest BCUT2D eigenvalue weighted by Gasteiger charge is 2.12. The molecular weight excluding hydrogens is 238 g/mol. The van der Waals surface area contributed by atoms with Gasteiger partial charge in [-0.3, -0.25) is 4.79 Å². The van der Waals surface area contributed by atoms with E-state index in [1.807, 2.05) is 6.92 Å². The number of rotatable bonds is 7. The van der Waals surface area contributed by atoms with Gasteiger partial charge in [0.15, 0.2) is 0 Å². The number of hydrogen-bond acceptors (Lipinski definition) is 2. The highest BCUT2D eigenvalue weighted by atomic mass is 35.5. The zero-order chi connectivity index (χ0) is 12.7. The van der Waals surface area contributed by atoms with Gasteiger partial charge in [-0.25, -0.2) is 0 Å². The Morgan fingerprint density at radius 1 is 1.53 bits per heavy atom. The number of carbonyl (C=O) groups excluding carboxylic acids is 1. The largest absolute Gasteiger partial charge is 0.469 e. The third kappa shape index (κ3) is 4.82. The Balaban J connectivity index is 2.40. The van der Waals surface area contributed by atoms with Crippen LogP contribution >= 0.6 is 11.6 Å². The van der Waals surface area contributed by atoms with Crippen LogP contribution in [0.15, 0.2) is 16.7 Å². The first-order valence-corrected chi connectivity index (χ1v) is 6.60. The fourth-order valence-electron chi connectivity index (χ4n) is 1.81. The number of nitrogens with one attached hydrogen (secondary N) is 1. The summed E-state index contributed by atoms with van der Waals surface area (Å²) in [5, 5.41) is 2.92. The van der Waals surface area contributed by atoms with E-state index in [0.717, 1.165) is 25.0 Å². The Bertz CT molecular complexity index is 343. The van der Waals surface area contributed by atoms with Crippen LogP contribution in [-0.4, -0.2) is 18.3 Å². The monoisotopic (exact) mass is 257 g/mol. The van der Waals surface area contributed by atoms with E-state index < -0.39 is 0 Å². The van der Waals surface area contributed by atoms with Gasteiger partial charge in [-0.2, -0.15) is 0 Å². The van der Waals surface area contributed by atoms with Gasteiger partial charge < -0.3 is 9.73 Å². The van der Waals surface area contributed by atoms with Crippen LogP contribution in [0.3, 0.4) is 0 Å². The average Bonchev–Trinajstić information content (AvgIpc) is 2.73. The summed E-state index contributed by atoms with van der Waals surface area (Å²) in [5.41, 5.74) is 0.587. The molecule has 0 saturated carbocycles. The molecule has 1 aromatic rings. The second-order valence-electron chi connectivity index (χ2n) is 4.29. The van der Waals surface area contributed by atoms with Gasteiger partial charge >= 0.3 is 0 Å². The molecule has 1 heterocycles. The van der Waals surface area contributed by atoms with Crippen molar-refractivity contribution in [2.75, 3.05) is 12.4 Å². The third-order valence-electron chi connectivity index (χ3n) is 2.76. The summed E-state index contributed by atoms with van der Waals surface area (Å²) in [6.45, 7) is 4.65. The van der Waals surface area contributed by atoms with Crippen molar-refractivity contribution in [3.63, 3.8) is 0 Å². The van der Waals surface area contributed by atoms with Gasteiger partial charge in [-0.15, -0.1) is 11.6 Å². The summed E-state index contributed by atoms with van der Waals surface area (Å²) in [4.78, 5) is 11.8. The van der Waals surface area contributed by atoms with Crippen molar-refractivity contribution in [3.05, 3.63) is 23.7 Å². The van der Waals surface area contributed by atoms with Crippen LogP contribution in [0.25, 0.3) is 0 Å². The molecule has 0 aromatic carbocycles. The molecule has 1 amide bonds. The number of carbonyl (C=O) groups is 1. The zero-order valence-corrected chi connectivity index (χ0v) is 11.2. The average molecular weight is 258 g/mol. The molecule has 0 saturated heterocycles. The first-order valence-electron chi connectivity index (χ1n) is 6.06. The number of amides is 1. The fourth-order valence-corrected chi connectivity index (χ4v) is 2.12. The van der Waals surface area contributed by atoms with Crippen LogP contribution in [0, 0.1) is 12.8 Å². The lowest BCUT2D eigenvalue weighted by molar-refractivity contribution is 0.0945. The van der Waals surface area contributed by atoms with Gasteiger partial charge in [0.2, 0.25) is 0 Å². The van der Waals surface area contributed by atoms with Gasteiger partial charge in [0.1, 0.15) is 12.0 Å². The molecule has 0 aliphatic carbocycles. The second kappa shape index (κ2) is 7.38. The molecule has 1 rings (SSSR count). The molecule has 1 N–H and O–H groups in total. The molecule has 1 unspecified atom stereocenters. The van der Waals surface area contributed by atoms with E-state index in [0.29, 0.717) is 23.9 Å².